The Bertz CT molecular complexity index is 589. The summed E-state index contributed by atoms with van der Waals surface area (Å²) in [5.41, 5.74) is 7.23. The summed E-state index contributed by atoms with van der Waals surface area (Å²) in [5, 5.41) is 1.99. The molecular weight excluding hydrogens is 263 g/mol. The Morgan fingerprint density at radius 3 is 2.74 bits per heavy atom. The van der Waals surface area contributed by atoms with E-state index in [9.17, 15) is 9.18 Å². The number of rotatable bonds is 3. The van der Waals surface area contributed by atoms with Crippen molar-refractivity contribution in [1.29, 1.82) is 0 Å². The Kier molecular flexibility index (Phi) is 3.85. The smallest absolute Gasteiger partial charge is 0.254 e. The second kappa shape index (κ2) is 5.40. The number of anilines is 1. The maximum atomic E-state index is 13.2. The molecule has 0 bridgehead atoms. The Morgan fingerprint density at radius 2 is 2.16 bits per heavy atom. The molecule has 1 amide bonds. The molecule has 5 heteroatoms. The maximum Gasteiger partial charge on any atom is 0.254 e. The SMILES string of the molecule is Cc1ccsc1CN(C)C(=O)c1cc(N)cc(F)c1. The molecule has 0 fully saturated rings. The molecule has 19 heavy (non-hydrogen) atoms. The van der Waals surface area contributed by atoms with Gasteiger partial charge in [0.25, 0.3) is 5.91 Å². The van der Waals surface area contributed by atoms with E-state index in [2.05, 4.69) is 0 Å². The van der Waals surface area contributed by atoms with Crippen molar-refractivity contribution in [1.82, 2.24) is 4.90 Å². The van der Waals surface area contributed by atoms with Gasteiger partial charge in [-0.3, -0.25) is 4.79 Å². The number of halogens is 1. The van der Waals surface area contributed by atoms with Crippen LogP contribution in [0.3, 0.4) is 0 Å². The Morgan fingerprint density at radius 1 is 1.42 bits per heavy atom. The number of carbonyl (C=O) groups excluding carboxylic acids is 1. The van der Waals surface area contributed by atoms with Crippen molar-refractivity contribution < 1.29 is 9.18 Å². The van der Waals surface area contributed by atoms with Gasteiger partial charge in [0, 0.05) is 23.2 Å². The van der Waals surface area contributed by atoms with Gasteiger partial charge in [0.15, 0.2) is 0 Å². The van der Waals surface area contributed by atoms with Crippen molar-refractivity contribution in [3.8, 4) is 0 Å². The zero-order valence-electron chi connectivity index (χ0n) is 10.8. The normalized spacial score (nSPS) is 10.5. The van der Waals surface area contributed by atoms with Crippen LogP contribution in [-0.2, 0) is 6.54 Å². The number of nitrogen functional groups attached to an aromatic ring is 1. The lowest BCUT2D eigenvalue weighted by molar-refractivity contribution is 0.0786. The maximum absolute atomic E-state index is 13.2. The highest BCUT2D eigenvalue weighted by Gasteiger charge is 2.15. The molecule has 1 heterocycles. The summed E-state index contributed by atoms with van der Waals surface area (Å²) >= 11 is 1.60. The summed E-state index contributed by atoms with van der Waals surface area (Å²) in [5.74, 6) is -0.733. The molecule has 0 unspecified atom stereocenters. The van der Waals surface area contributed by atoms with Crippen molar-refractivity contribution in [3.05, 3.63) is 51.5 Å². The van der Waals surface area contributed by atoms with E-state index in [-0.39, 0.29) is 17.2 Å². The quantitative estimate of drug-likeness (QED) is 0.877. The predicted molar refractivity (Wildman–Crippen MR) is 75.7 cm³/mol. The van der Waals surface area contributed by atoms with Crippen LogP contribution in [0.5, 0.6) is 0 Å². The van der Waals surface area contributed by atoms with E-state index in [0.717, 1.165) is 10.4 Å². The molecule has 1 aromatic heterocycles. The van der Waals surface area contributed by atoms with Crippen molar-refractivity contribution in [2.75, 3.05) is 12.8 Å². The zero-order valence-corrected chi connectivity index (χ0v) is 11.6. The summed E-state index contributed by atoms with van der Waals surface area (Å²) in [4.78, 5) is 14.9. The minimum Gasteiger partial charge on any atom is -0.399 e. The molecule has 0 spiro atoms. The molecule has 2 aromatic rings. The highest BCUT2D eigenvalue weighted by atomic mass is 32.1. The van der Waals surface area contributed by atoms with Gasteiger partial charge >= 0.3 is 0 Å². The second-order valence-electron chi connectivity index (χ2n) is 4.46. The van der Waals surface area contributed by atoms with Crippen LogP contribution >= 0.6 is 11.3 Å². The number of carbonyl (C=O) groups is 1. The van der Waals surface area contributed by atoms with Crippen molar-refractivity contribution >= 4 is 22.9 Å². The molecule has 0 aliphatic carbocycles. The van der Waals surface area contributed by atoms with E-state index in [1.54, 1.807) is 23.3 Å². The lowest BCUT2D eigenvalue weighted by atomic mass is 10.1. The van der Waals surface area contributed by atoms with Gasteiger partial charge in [-0.15, -0.1) is 11.3 Å². The highest BCUT2D eigenvalue weighted by molar-refractivity contribution is 7.10. The summed E-state index contributed by atoms with van der Waals surface area (Å²) in [7, 11) is 1.70. The third-order valence-electron chi connectivity index (χ3n) is 2.86. The number of hydrogen-bond donors (Lipinski definition) is 1. The Balaban J connectivity index is 2.17. The summed E-state index contributed by atoms with van der Waals surface area (Å²) in [6, 6.07) is 5.90. The van der Waals surface area contributed by atoms with Crippen molar-refractivity contribution in [3.63, 3.8) is 0 Å². The molecule has 3 nitrogen and oxygen atoms in total. The van der Waals surface area contributed by atoms with Gasteiger partial charge in [0.1, 0.15) is 5.82 Å². The number of thiophene rings is 1. The molecule has 2 N–H and O–H groups in total. The summed E-state index contributed by atoms with van der Waals surface area (Å²) < 4.78 is 13.2. The van der Waals surface area contributed by atoms with E-state index in [4.69, 9.17) is 5.73 Å². The average molecular weight is 278 g/mol. The number of amides is 1. The van der Waals surface area contributed by atoms with Gasteiger partial charge in [0.2, 0.25) is 0 Å². The third kappa shape index (κ3) is 3.12. The minimum atomic E-state index is -0.496. The topological polar surface area (TPSA) is 46.3 Å². The minimum absolute atomic E-state index is 0.237. The van der Waals surface area contributed by atoms with Crippen LogP contribution in [0.1, 0.15) is 20.8 Å². The molecule has 0 radical (unpaired) electrons. The fourth-order valence-corrected chi connectivity index (χ4v) is 2.77. The molecule has 1 aromatic carbocycles. The molecule has 0 aliphatic heterocycles. The number of aryl methyl sites for hydroxylation is 1. The second-order valence-corrected chi connectivity index (χ2v) is 5.46. The monoisotopic (exact) mass is 278 g/mol. The molecule has 100 valence electrons. The van der Waals surface area contributed by atoms with Crippen molar-refractivity contribution in [2.45, 2.75) is 13.5 Å². The van der Waals surface area contributed by atoms with Crippen LogP contribution in [0.4, 0.5) is 10.1 Å². The van der Waals surface area contributed by atoms with Crippen LogP contribution in [0.15, 0.2) is 29.6 Å². The van der Waals surface area contributed by atoms with Crippen LogP contribution in [-0.4, -0.2) is 17.9 Å². The van der Waals surface area contributed by atoms with Gasteiger partial charge < -0.3 is 10.6 Å². The molecule has 0 atom stereocenters. The Hall–Kier alpha value is -1.88. The van der Waals surface area contributed by atoms with Gasteiger partial charge in [0.05, 0.1) is 6.54 Å². The van der Waals surface area contributed by atoms with E-state index in [1.165, 1.54) is 18.2 Å². The first-order valence-corrected chi connectivity index (χ1v) is 6.70. The van der Waals surface area contributed by atoms with Gasteiger partial charge in [-0.2, -0.15) is 0 Å². The average Bonchev–Trinajstić information content (AvgIpc) is 2.72. The van der Waals surface area contributed by atoms with Crippen molar-refractivity contribution in [2.24, 2.45) is 0 Å². The molecule has 2 rings (SSSR count). The molecule has 0 saturated carbocycles. The number of nitrogens with zero attached hydrogens (tertiary/aromatic N) is 1. The molecule has 0 aliphatic rings. The summed E-state index contributed by atoms with van der Waals surface area (Å²) in [6.45, 7) is 2.52. The van der Waals surface area contributed by atoms with Gasteiger partial charge in [-0.05, 0) is 42.1 Å². The van der Waals surface area contributed by atoms with Crippen LogP contribution in [0.2, 0.25) is 0 Å². The zero-order chi connectivity index (χ0) is 14.0. The highest BCUT2D eigenvalue weighted by Crippen LogP contribution is 2.19. The lowest BCUT2D eigenvalue weighted by Crippen LogP contribution is -2.26. The largest absolute Gasteiger partial charge is 0.399 e. The number of nitrogens with two attached hydrogens (primary N) is 1. The predicted octanol–water partition coefficient (Wildman–Crippen LogP) is 3.05. The fraction of sp³-hybridized carbons (Fsp3) is 0.214. The van der Waals surface area contributed by atoms with Gasteiger partial charge in [-0.25, -0.2) is 4.39 Å². The number of hydrogen-bond acceptors (Lipinski definition) is 3. The first kappa shape index (κ1) is 13.5. The first-order chi connectivity index (χ1) is 8.97. The first-order valence-electron chi connectivity index (χ1n) is 5.82. The van der Waals surface area contributed by atoms with E-state index in [0.29, 0.717) is 6.54 Å². The van der Waals surface area contributed by atoms with E-state index in [1.807, 2.05) is 18.4 Å². The third-order valence-corrected chi connectivity index (χ3v) is 3.87. The van der Waals surface area contributed by atoms with E-state index < -0.39 is 5.82 Å². The lowest BCUT2D eigenvalue weighted by Gasteiger charge is -2.17. The van der Waals surface area contributed by atoms with Crippen LogP contribution in [0, 0.1) is 12.7 Å². The summed E-state index contributed by atoms with van der Waals surface area (Å²) in [6.07, 6.45) is 0. The van der Waals surface area contributed by atoms with E-state index >= 15 is 0 Å². The number of benzene rings is 1. The van der Waals surface area contributed by atoms with Crippen LogP contribution < -0.4 is 5.73 Å². The molecular formula is C14H15FN2OS. The standard InChI is InChI=1S/C14H15FN2OS/c1-9-3-4-19-13(9)8-17(2)14(18)10-5-11(15)7-12(16)6-10/h3-7H,8,16H2,1-2H3. The Labute approximate surface area is 115 Å². The fourth-order valence-electron chi connectivity index (χ4n) is 1.81. The van der Waals surface area contributed by atoms with Gasteiger partial charge in [-0.1, -0.05) is 0 Å². The molecule has 0 saturated heterocycles. The van der Waals surface area contributed by atoms with Crippen LogP contribution in [0.25, 0.3) is 0 Å².